The maximum absolute atomic E-state index is 11.9. The summed E-state index contributed by atoms with van der Waals surface area (Å²) < 4.78 is 16.2. The summed E-state index contributed by atoms with van der Waals surface area (Å²) in [6.07, 6.45) is 3.26. The van der Waals surface area contributed by atoms with Crippen LogP contribution in [0, 0.1) is 5.41 Å². The number of hydrogen-bond acceptors (Lipinski definition) is 4. The van der Waals surface area contributed by atoms with E-state index < -0.39 is 0 Å². The topological polar surface area (TPSA) is 48.0 Å². The molecule has 2 heterocycles. The molecule has 104 valence electrons. The SMILES string of the molecule is COCC(=O)N1CC[C@H]2OCCC[C@]2(COC)C1. The zero-order valence-corrected chi connectivity index (χ0v) is 11.3. The van der Waals surface area contributed by atoms with Crippen LogP contribution < -0.4 is 0 Å². The molecular formula is C13H23NO4. The standard InChI is InChI=1S/C13H23NO4/c1-16-8-12(15)14-6-4-11-13(9-14,10-17-2)5-3-7-18-11/h11H,3-10H2,1-2H3/t11-,13-/m1/s1. The van der Waals surface area contributed by atoms with E-state index in [1.807, 2.05) is 4.90 Å². The number of ether oxygens (including phenoxy) is 3. The van der Waals surface area contributed by atoms with E-state index in [0.29, 0.717) is 6.61 Å². The minimum atomic E-state index is -0.0192. The van der Waals surface area contributed by atoms with Gasteiger partial charge in [-0.15, -0.1) is 0 Å². The first-order valence-corrected chi connectivity index (χ1v) is 6.59. The number of nitrogens with zero attached hydrogens (tertiary/aromatic N) is 1. The maximum Gasteiger partial charge on any atom is 0.248 e. The lowest BCUT2D eigenvalue weighted by atomic mass is 9.73. The van der Waals surface area contributed by atoms with Crippen molar-refractivity contribution in [2.24, 2.45) is 5.41 Å². The molecule has 0 aromatic heterocycles. The van der Waals surface area contributed by atoms with Crippen molar-refractivity contribution < 1.29 is 19.0 Å². The van der Waals surface area contributed by atoms with Gasteiger partial charge in [-0.25, -0.2) is 0 Å². The Kier molecular flexibility index (Phi) is 4.59. The van der Waals surface area contributed by atoms with E-state index in [1.54, 1.807) is 14.2 Å². The van der Waals surface area contributed by atoms with Crippen LogP contribution in [0.3, 0.4) is 0 Å². The van der Waals surface area contributed by atoms with Crippen molar-refractivity contribution in [2.45, 2.75) is 25.4 Å². The second kappa shape index (κ2) is 5.99. The van der Waals surface area contributed by atoms with Crippen LogP contribution in [0.2, 0.25) is 0 Å². The second-order valence-corrected chi connectivity index (χ2v) is 5.30. The third-order valence-electron chi connectivity index (χ3n) is 4.04. The summed E-state index contributed by atoms with van der Waals surface area (Å²) in [7, 11) is 3.27. The Bertz CT molecular complexity index is 293. The van der Waals surface area contributed by atoms with Gasteiger partial charge in [0.2, 0.25) is 5.91 Å². The van der Waals surface area contributed by atoms with Crippen LogP contribution in [0.5, 0.6) is 0 Å². The van der Waals surface area contributed by atoms with Crippen LogP contribution in [-0.2, 0) is 19.0 Å². The van der Waals surface area contributed by atoms with Gasteiger partial charge in [-0.3, -0.25) is 4.79 Å². The highest BCUT2D eigenvalue weighted by Gasteiger charge is 2.46. The Balaban J connectivity index is 2.06. The molecule has 0 unspecified atom stereocenters. The summed E-state index contributed by atoms with van der Waals surface area (Å²) >= 11 is 0. The largest absolute Gasteiger partial charge is 0.384 e. The molecule has 0 aromatic carbocycles. The molecule has 0 spiro atoms. The van der Waals surface area contributed by atoms with Gasteiger partial charge in [0.05, 0.1) is 12.7 Å². The third-order valence-corrected chi connectivity index (χ3v) is 4.04. The van der Waals surface area contributed by atoms with Crippen LogP contribution in [0.1, 0.15) is 19.3 Å². The highest BCUT2D eigenvalue weighted by atomic mass is 16.5. The summed E-state index contributed by atoms with van der Waals surface area (Å²) in [5.74, 6) is 0.0667. The minimum absolute atomic E-state index is 0.0192. The lowest BCUT2D eigenvalue weighted by Crippen LogP contribution is -2.58. The summed E-state index contributed by atoms with van der Waals surface area (Å²) in [6, 6.07) is 0. The van der Waals surface area contributed by atoms with E-state index >= 15 is 0 Å². The van der Waals surface area contributed by atoms with E-state index in [4.69, 9.17) is 14.2 Å². The number of amides is 1. The van der Waals surface area contributed by atoms with Crippen molar-refractivity contribution in [3.8, 4) is 0 Å². The fourth-order valence-electron chi connectivity index (χ4n) is 3.22. The molecule has 1 amide bonds. The Morgan fingerprint density at radius 2 is 2.28 bits per heavy atom. The number of carbonyl (C=O) groups excluding carboxylic acids is 1. The fraction of sp³-hybridized carbons (Fsp3) is 0.923. The molecule has 18 heavy (non-hydrogen) atoms. The van der Waals surface area contributed by atoms with Crippen LogP contribution in [-0.4, -0.2) is 64.0 Å². The molecule has 0 aromatic rings. The summed E-state index contributed by atoms with van der Waals surface area (Å²) in [4.78, 5) is 13.8. The van der Waals surface area contributed by atoms with Gasteiger partial charge in [0.25, 0.3) is 0 Å². The average Bonchev–Trinajstić information content (AvgIpc) is 2.38. The van der Waals surface area contributed by atoms with E-state index in [2.05, 4.69) is 0 Å². The molecule has 5 nitrogen and oxygen atoms in total. The van der Waals surface area contributed by atoms with Gasteiger partial charge >= 0.3 is 0 Å². The molecule has 2 fully saturated rings. The predicted molar refractivity (Wildman–Crippen MR) is 66.4 cm³/mol. The molecule has 0 radical (unpaired) electrons. The van der Waals surface area contributed by atoms with Crippen LogP contribution in [0.15, 0.2) is 0 Å². The Morgan fingerprint density at radius 3 is 3.00 bits per heavy atom. The molecule has 0 N–H and O–H groups in total. The smallest absolute Gasteiger partial charge is 0.248 e. The Hall–Kier alpha value is -0.650. The van der Waals surface area contributed by atoms with Crippen molar-refractivity contribution >= 4 is 5.91 Å². The number of fused-ring (bicyclic) bond motifs is 1. The molecular weight excluding hydrogens is 234 g/mol. The monoisotopic (exact) mass is 257 g/mol. The molecule has 2 aliphatic heterocycles. The van der Waals surface area contributed by atoms with Crippen molar-refractivity contribution in [1.29, 1.82) is 0 Å². The van der Waals surface area contributed by atoms with E-state index in [1.165, 1.54) is 0 Å². The quantitative estimate of drug-likeness (QED) is 0.743. The van der Waals surface area contributed by atoms with Gasteiger partial charge in [0.1, 0.15) is 6.61 Å². The molecule has 2 aliphatic rings. The number of piperidine rings is 1. The average molecular weight is 257 g/mol. The maximum atomic E-state index is 11.9. The molecule has 5 heteroatoms. The number of rotatable bonds is 4. The van der Waals surface area contributed by atoms with Gasteiger partial charge in [0.15, 0.2) is 0 Å². The molecule has 2 atom stereocenters. The number of carbonyl (C=O) groups is 1. The van der Waals surface area contributed by atoms with Gasteiger partial charge in [-0.05, 0) is 19.3 Å². The normalized spacial score (nSPS) is 32.1. The van der Waals surface area contributed by atoms with Crippen molar-refractivity contribution in [3.05, 3.63) is 0 Å². The summed E-state index contributed by atoms with van der Waals surface area (Å²) in [6.45, 7) is 3.15. The summed E-state index contributed by atoms with van der Waals surface area (Å²) in [5.41, 5.74) is -0.0192. The zero-order chi connectivity index (χ0) is 13.0. The summed E-state index contributed by atoms with van der Waals surface area (Å²) in [5, 5.41) is 0. The Morgan fingerprint density at radius 1 is 1.44 bits per heavy atom. The lowest BCUT2D eigenvalue weighted by molar-refractivity contribution is -0.164. The lowest BCUT2D eigenvalue weighted by Gasteiger charge is -2.50. The van der Waals surface area contributed by atoms with Gasteiger partial charge in [-0.1, -0.05) is 0 Å². The highest BCUT2D eigenvalue weighted by molar-refractivity contribution is 5.77. The zero-order valence-electron chi connectivity index (χ0n) is 11.3. The van der Waals surface area contributed by atoms with Gasteiger partial charge < -0.3 is 19.1 Å². The molecule has 0 aliphatic carbocycles. The van der Waals surface area contributed by atoms with Gasteiger partial charge in [0, 0.05) is 39.3 Å². The highest BCUT2D eigenvalue weighted by Crippen LogP contribution is 2.40. The van der Waals surface area contributed by atoms with Crippen LogP contribution >= 0.6 is 0 Å². The molecule has 0 bridgehead atoms. The Labute approximate surface area is 108 Å². The van der Waals surface area contributed by atoms with Crippen LogP contribution in [0.4, 0.5) is 0 Å². The first kappa shape index (κ1) is 13.8. The van der Waals surface area contributed by atoms with Gasteiger partial charge in [-0.2, -0.15) is 0 Å². The predicted octanol–water partition coefficient (Wildman–Crippen LogP) is 0.677. The fourth-order valence-corrected chi connectivity index (χ4v) is 3.22. The third kappa shape index (κ3) is 2.68. The minimum Gasteiger partial charge on any atom is -0.384 e. The van der Waals surface area contributed by atoms with Crippen molar-refractivity contribution in [2.75, 3.05) is 47.1 Å². The van der Waals surface area contributed by atoms with E-state index in [9.17, 15) is 4.79 Å². The van der Waals surface area contributed by atoms with Crippen LogP contribution in [0.25, 0.3) is 0 Å². The second-order valence-electron chi connectivity index (χ2n) is 5.30. The van der Waals surface area contributed by atoms with Crippen molar-refractivity contribution in [1.82, 2.24) is 4.90 Å². The number of hydrogen-bond donors (Lipinski definition) is 0. The van der Waals surface area contributed by atoms with Crippen molar-refractivity contribution in [3.63, 3.8) is 0 Å². The first-order chi connectivity index (χ1) is 8.72. The number of methoxy groups -OCH3 is 2. The molecule has 2 rings (SSSR count). The van der Waals surface area contributed by atoms with E-state index in [0.717, 1.165) is 39.0 Å². The number of likely N-dealkylation sites (tertiary alicyclic amines) is 1. The first-order valence-electron chi connectivity index (χ1n) is 6.59. The molecule has 2 saturated heterocycles. The van der Waals surface area contributed by atoms with E-state index in [-0.39, 0.29) is 24.0 Å². The molecule has 0 saturated carbocycles.